The van der Waals surface area contributed by atoms with E-state index >= 15 is 0 Å². The molecule has 0 aliphatic rings. The van der Waals surface area contributed by atoms with E-state index in [0.29, 0.717) is 13.0 Å². The van der Waals surface area contributed by atoms with Gasteiger partial charge in [0, 0.05) is 18.8 Å². The third-order valence-electron chi connectivity index (χ3n) is 2.77. The Labute approximate surface area is 145 Å². The molecule has 4 nitrogen and oxygen atoms in total. The Morgan fingerprint density at radius 1 is 1.27 bits per heavy atom. The summed E-state index contributed by atoms with van der Waals surface area (Å²) >= 11 is 0. The number of aryl methyl sites for hydroxylation is 2. The summed E-state index contributed by atoms with van der Waals surface area (Å²) < 4.78 is 39.9. The average Bonchev–Trinajstić information content (AvgIpc) is 2.37. The Bertz CT molecular complexity index is 493. The molecule has 0 spiro atoms. The molecule has 0 aromatic heterocycles. The van der Waals surface area contributed by atoms with E-state index in [1.165, 1.54) is 5.56 Å². The quantitative estimate of drug-likeness (QED) is 0.313. The first kappa shape index (κ1) is 21.0. The van der Waals surface area contributed by atoms with Gasteiger partial charge < -0.3 is 15.8 Å². The first-order valence-electron chi connectivity index (χ1n) is 6.56. The van der Waals surface area contributed by atoms with Crippen LogP contribution in [0, 0.1) is 13.8 Å². The summed E-state index contributed by atoms with van der Waals surface area (Å²) in [7, 11) is 0. The van der Waals surface area contributed by atoms with Crippen molar-refractivity contribution in [2.75, 3.05) is 25.1 Å². The highest BCUT2D eigenvalue weighted by atomic mass is 127. The Balaban J connectivity index is 0.00000441. The number of hydrogen-bond acceptors (Lipinski definition) is 2. The minimum Gasteiger partial charge on any atom is -0.372 e. The number of benzene rings is 1. The standard InChI is InChI=1S/C14H20F3N3O.HI/c1-10-4-5-12(8-11(10)2)20-13(18)19-6-3-7-21-9-14(15,16)17;/h4-5,8H,3,6-7,9H2,1-2H3,(H3,18,19,20);1H. The monoisotopic (exact) mass is 431 g/mol. The summed E-state index contributed by atoms with van der Waals surface area (Å²) in [5.74, 6) is 0.231. The Hall–Kier alpha value is -1.03. The second-order valence-corrected chi connectivity index (χ2v) is 4.71. The number of guanidine groups is 1. The lowest BCUT2D eigenvalue weighted by molar-refractivity contribution is -0.173. The number of alkyl halides is 3. The summed E-state index contributed by atoms with van der Waals surface area (Å²) in [6.07, 6.45) is -3.90. The second kappa shape index (κ2) is 9.88. The molecule has 22 heavy (non-hydrogen) atoms. The zero-order valence-electron chi connectivity index (χ0n) is 12.5. The fourth-order valence-corrected chi connectivity index (χ4v) is 1.56. The van der Waals surface area contributed by atoms with Crippen molar-refractivity contribution in [3.63, 3.8) is 0 Å². The van der Waals surface area contributed by atoms with Crippen LogP contribution in [0.15, 0.2) is 23.2 Å². The van der Waals surface area contributed by atoms with Crippen LogP contribution in [-0.2, 0) is 4.74 Å². The van der Waals surface area contributed by atoms with Gasteiger partial charge in [-0.1, -0.05) is 6.07 Å². The van der Waals surface area contributed by atoms with E-state index in [2.05, 4.69) is 15.0 Å². The summed E-state index contributed by atoms with van der Waals surface area (Å²) in [5, 5.41) is 2.93. The molecule has 8 heteroatoms. The van der Waals surface area contributed by atoms with Gasteiger partial charge in [0.05, 0.1) is 0 Å². The number of halogens is 4. The molecule has 1 rings (SSSR count). The van der Waals surface area contributed by atoms with Crippen LogP contribution in [0.5, 0.6) is 0 Å². The number of aliphatic imine (C=N–C) groups is 1. The maximum atomic E-state index is 11.8. The molecule has 0 saturated carbocycles. The zero-order valence-corrected chi connectivity index (χ0v) is 14.9. The van der Waals surface area contributed by atoms with Gasteiger partial charge in [0.15, 0.2) is 5.96 Å². The fraction of sp³-hybridized carbons (Fsp3) is 0.500. The van der Waals surface area contributed by atoms with Crippen LogP contribution in [0.3, 0.4) is 0 Å². The molecule has 0 aliphatic heterocycles. The number of nitrogens with two attached hydrogens (primary N) is 1. The summed E-state index contributed by atoms with van der Waals surface area (Å²) in [4.78, 5) is 4.03. The van der Waals surface area contributed by atoms with Crippen LogP contribution >= 0.6 is 24.0 Å². The first-order valence-corrected chi connectivity index (χ1v) is 6.56. The van der Waals surface area contributed by atoms with Gasteiger partial charge in [0.1, 0.15) is 6.61 Å². The van der Waals surface area contributed by atoms with E-state index in [0.717, 1.165) is 11.3 Å². The van der Waals surface area contributed by atoms with Crippen LogP contribution in [0.25, 0.3) is 0 Å². The molecule has 1 aromatic rings. The smallest absolute Gasteiger partial charge is 0.372 e. The van der Waals surface area contributed by atoms with Gasteiger partial charge >= 0.3 is 6.18 Å². The molecule has 0 radical (unpaired) electrons. The zero-order chi connectivity index (χ0) is 15.9. The van der Waals surface area contributed by atoms with Crippen LogP contribution in [0.1, 0.15) is 17.5 Å². The van der Waals surface area contributed by atoms with Crippen molar-refractivity contribution in [3.05, 3.63) is 29.3 Å². The number of ether oxygens (including phenoxy) is 1. The molecule has 126 valence electrons. The summed E-state index contributed by atoms with van der Waals surface area (Å²) in [6, 6.07) is 5.80. The molecule has 0 amide bonds. The van der Waals surface area contributed by atoms with E-state index < -0.39 is 12.8 Å². The van der Waals surface area contributed by atoms with E-state index in [1.54, 1.807) is 0 Å². The Morgan fingerprint density at radius 2 is 1.95 bits per heavy atom. The largest absolute Gasteiger partial charge is 0.411 e. The number of nitrogens with zero attached hydrogens (tertiary/aromatic N) is 1. The van der Waals surface area contributed by atoms with Crippen molar-refractivity contribution in [3.8, 4) is 0 Å². The third kappa shape index (κ3) is 9.08. The van der Waals surface area contributed by atoms with Gasteiger partial charge in [-0.2, -0.15) is 13.2 Å². The number of nitrogens with one attached hydrogen (secondary N) is 1. The maximum Gasteiger partial charge on any atom is 0.411 e. The van der Waals surface area contributed by atoms with Gasteiger partial charge in [-0.25, -0.2) is 0 Å². The highest BCUT2D eigenvalue weighted by Gasteiger charge is 2.27. The lowest BCUT2D eigenvalue weighted by Crippen LogP contribution is -2.23. The van der Waals surface area contributed by atoms with Gasteiger partial charge in [0.25, 0.3) is 0 Å². The van der Waals surface area contributed by atoms with Crippen molar-refractivity contribution in [1.29, 1.82) is 0 Å². The lowest BCUT2D eigenvalue weighted by Gasteiger charge is -2.08. The molecule has 3 N–H and O–H groups in total. The SMILES string of the molecule is Cc1ccc(NC(N)=NCCCOCC(F)(F)F)cc1C.I. The van der Waals surface area contributed by atoms with Gasteiger partial charge in [0.2, 0.25) is 0 Å². The highest BCUT2D eigenvalue weighted by Crippen LogP contribution is 2.15. The number of anilines is 1. The molecule has 0 saturated heterocycles. The lowest BCUT2D eigenvalue weighted by atomic mass is 10.1. The van der Waals surface area contributed by atoms with Gasteiger partial charge in [-0.15, -0.1) is 24.0 Å². The predicted octanol–water partition coefficient (Wildman–Crippen LogP) is 3.62. The summed E-state index contributed by atoms with van der Waals surface area (Å²) in [6.45, 7) is 3.08. The molecule has 0 fully saturated rings. The molecule has 0 bridgehead atoms. The van der Waals surface area contributed by atoms with Gasteiger partial charge in [-0.3, -0.25) is 4.99 Å². The second-order valence-electron chi connectivity index (χ2n) is 4.71. The van der Waals surface area contributed by atoms with E-state index in [1.807, 2.05) is 32.0 Å². The first-order chi connectivity index (χ1) is 9.78. The van der Waals surface area contributed by atoms with Crippen LogP contribution in [0.2, 0.25) is 0 Å². The molecular formula is C14H21F3IN3O. The molecular weight excluding hydrogens is 410 g/mol. The molecule has 0 aliphatic carbocycles. The Morgan fingerprint density at radius 3 is 2.55 bits per heavy atom. The minimum atomic E-state index is -4.28. The topological polar surface area (TPSA) is 59.6 Å². The summed E-state index contributed by atoms with van der Waals surface area (Å²) in [5.41, 5.74) is 8.83. The van der Waals surface area contributed by atoms with Crippen molar-refractivity contribution in [2.24, 2.45) is 10.7 Å². The molecule has 1 aromatic carbocycles. The van der Waals surface area contributed by atoms with Crippen molar-refractivity contribution in [1.82, 2.24) is 0 Å². The normalized spacial score (nSPS) is 12.0. The number of hydrogen-bond donors (Lipinski definition) is 2. The van der Waals surface area contributed by atoms with Crippen molar-refractivity contribution in [2.45, 2.75) is 26.4 Å². The molecule has 0 atom stereocenters. The van der Waals surface area contributed by atoms with E-state index in [-0.39, 0.29) is 36.5 Å². The average molecular weight is 431 g/mol. The van der Waals surface area contributed by atoms with Crippen LogP contribution in [-0.4, -0.2) is 31.9 Å². The fourth-order valence-electron chi connectivity index (χ4n) is 1.56. The maximum absolute atomic E-state index is 11.8. The molecule has 0 heterocycles. The van der Waals surface area contributed by atoms with E-state index in [9.17, 15) is 13.2 Å². The molecule has 0 unspecified atom stereocenters. The van der Waals surface area contributed by atoms with Gasteiger partial charge in [-0.05, 0) is 43.5 Å². The van der Waals surface area contributed by atoms with Crippen molar-refractivity contribution < 1.29 is 17.9 Å². The van der Waals surface area contributed by atoms with Crippen LogP contribution < -0.4 is 11.1 Å². The van der Waals surface area contributed by atoms with E-state index in [4.69, 9.17) is 5.73 Å². The minimum absolute atomic E-state index is 0. The predicted molar refractivity (Wildman–Crippen MR) is 92.9 cm³/mol. The number of rotatable bonds is 6. The Kier molecular flexibility index (Phi) is 9.42. The van der Waals surface area contributed by atoms with Crippen molar-refractivity contribution >= 4 is 35.6 Å². The highest BCUT2D eigenvalue weighted by molar-refractivity contribution is 14.0. The van der Waals surface area contributed by atoms with Crippen LogP contribution in [0.4, 0.5) is 18.9 Å². The third-order valence-corrected chi connectivity index (χ3v) is 2.77.